The third-order valence-corrected chi connectivity index (χ3v) is 6.85. The molecule has 0 unspecified atom stereocenters. The van der Waals surface area contributed by atoms with Crippen molar-refractivity contribution in [3.8, 4) is 5.82 Å². The van der Waals surface area contributed by atoms with Crippen molar-refractivity contribution >= 4 is 17.2 Å². The van der Waals surface area contributed by atoms with Gasteiger partial charge in [0.25, 0.3) is 0 Å². The molecule has 5 rings (SSSR count). The third kappa shape index (κ3) is 5.06. The Kier molecular flexibility index (Phi) is 6.67. The zero-order valence-corrected chi connectivity index (χ0v) is 21.1. The van der Waals surface area contributed by atoms with E-state index in [9.17, 15) is 9.18 Å². The average Bonchev–Trinajstić information content (AvgIpc) is 3.40. The van der Waals surface area contributed by atoms with E-state index in [0.717, 1.165) is 22.5 Å². The highest BCUT2D eigenvalue weighted by Crippen LogP contribution is 2.21. The van der Waals surface area contributed by atoms with Gasteiger partial charge in [-0.2, -0.15) is 9.61 Å². The summed E-state index contributed by atoms with van der Waals surface area (Å²) in [5.41, 5.74) is 4.66. The van der Waals surface area contributed by atoms with Crippen LogP contribution in [0, 0.1) is 33.2 Å². The fraction of sp³-hybridized carbons (Fsp3) is 0.385. The molecule has 1 saturated heterocycles. The molecule has 0 saturated carbocycles. The summed E-state index contributed by atoms with van der Waals surface area (Å²) < 4.78 is 17.2. The number of hydrogen-bond acceptors (Lipinski definition) is 6. The van der Waals surface area contributed by atoms with Crippen LogP contribution in [0.3, 0.4) is 0 Å². The van der Waals surface area contributed by atoms with Crippen LogP contribution < -0.4 is 0 Å². The van der Waals surface area contributed by atoms with Gasteiger partial charge < -0.3 is 4.90 Å². The average molecular weight is 502 g/mol. The number of nitrogens with zero attached hydrogens (tertiary/aromatic N) is 9. The number of fused-ring (bicyclic) bond motifs is 1. The number of benzene rings is 1. The van der Waals surface area contributed by atoms with Crippen LogP contribution in [-0.4, -0.2) is 71.5 Å². The van der Waals surface area contributed by atoms with Gasteiger partial charge in [-0.15, -0.1) is 15.3 Å². The number of aryl methyl sites for hydroxylation is 2. The summed E-state index contributed by atoms with van der Waals surface area (Å²) >= 11 is 0. The molecule has 3 aromatic heterocycles. The van der Waals surface area contributed by atoms with Crippen LogP contribution in [0.4, 0.5) is 10.1 Å². The standard InChI is InChI=1S/C26H28FN9O/c1-17-23(18(2)35(31-17)25-7-6-24-30-29-19(3)36(24)32-25)5-8-26(37)34-11-9-33(10-12-34)16-20-13-21(27)15-22(14-20)28-4/h6-7,13-15H,5,8-12,16H2,1-3H3. The molecule has 0 spiro atoms. The highest BCUT2D eigenvalue weighted by molar-refractivity contribution is 5.76. The normalized spacial score (nSPS) is 14.3. The quantitative estimate of drug-likeness (QED) is 0.377. The second kappa shape index (κ2) is 10.1. The minimum atomic E-state index is -0.392. The van der Waals surface area contributed by atoms with Gasteiger partial charge in [0.2, 0.25) is 5.91 Å². The van der Waals surface area contributed by atoms with Gasteiger partial charge in [-0.1, -0.05) is 6.07 Å². The summed E-state index contributed by atoms with van der Waals surface area (Å²) in [4.78, 5) is 20.4. The summed E-state index contributed by atoms with van der Waals surface area (Å²) in [5.74, 6) is 1.10. The number of aromatic nitrogens is 6. The van der Waals surface area contributed by atoms with E-state index in [0.29, 0.717) is 68.5 Å². The van der Waals surface area contributed by atoms with Gasteiger partial charge in [0.05, 0.1) is 12.3 Å². The Balaban J connectivity index is 1.19. The molecule has 1 aliphatic rings. The van der Waals surface area contributed by atoms with Crippen LogP contribution >= 0.6 is 0 Å². The fourth-order valence-electron chi connectivity index (χ4n) is 4.85. The molecule has 190 valence electrons. The predicted molar refractivity (Wildman–Crippen MR) is 135 cm³/mol. The molecular weight excluding hydrogens is 473 g/mol. The number of hydrogen-bond donors (Lipinski definition) is 0. The number of carbonyl (C=O) groups excluding carboxylic acids is 1. The molecule has 4 aromatic rings. The third-order valence-electron chi connectivity index (χ3n) is 6.85. The SMILES string of the molecule is [C-]#[N+]c1cc(F)cc(CN2CCN(C(=O)CCc3c(C)nn(-c4ccc5nnc(C)n5n4)c3C)CC2)c1. The van der Waals surface area contributed by atoms with Crippen molar-refractivity contribution < 1.29 is 9.18 Å². The fourth-order valence-corrected chi connectivity index (χ4v) is 4.85. The number of carbonyl (C=O) groups is 1. The molecule has 0 bridgehead atoms. The van der Waals surface area contributed by atoms with Crippen LogP contribution in [-0.2, 0) is 17.8 Å². The van der Waals surface area contributed by atoms with Gasteiger partial charge in [0, 0.05) is 44.8 Å². The van der Waals surface area contributed by atoms with Crippen LogP contribution in [0.15, 0.2) is 30.3 Å². The molecule has 1 fully saturated rings. The Morgan fingerprint density at radius 1 is 1.05 bits per heavy atom. The number of halogens is 1. The summed E-state index contributed by atoms with van der Waals surface area (Å²) in [6.45, 7) is 16.2. The van der Waals surface area contributed by atoms with E-state index in [-0.39, 0.29) is 5.91 Å². The Morgan fingerprint density at radius 2 is 1.84 bits per heavy atom. The first-order chi connectivity index (χ1) is 17.8. The molecule has 37 heavy (non-hydrogen) atoms. The van der Waals surface area contributed by atoms with Crippen LogP contribution in [0.2, 0.25) is 0 Å². The number of rotatable bonds is 6. The maximum Gasteiger partial charge on any atom is 0.222 e. The lowest BCUT2D eigenvalue weighted by atomic mass is 10.1. The molecule has 1 aromatic carbocycles. The first-order valence-electron chi connectivity index (χ1n) is 12.2. The lowest BCUT2D eigenvalue weighted by Gasteiger charge is -2.35. The van der Waals surface area contributed by atoms with Gasteiger partial charge in [-0.3, -0.25) is 9.69 Å². The van der Waals surface area contributed by atoms with E-state index in [4.69, 9.17) is 6.57 Å². The Hall–Kier alpha value is -4.17. The largest absolute Gasteiger partial charge is 0.340 e. The highest BCUT2D eigenvalue weighted by Gasteiger charge is 2.23. The van der Waals surface area contributed by atoms with Crippen molar-refractivity contribution in [3.05, 3.63) is 75.9 Å². The maximum absolute atomic E-state index is 13.8. The van der Waals surface area contributed by atoms with E-state index in [1.165, 1.54) is 12.1 Å². The minimum Gasteiger partial charge on any atom is -0.340 e. The Labute approximate surface area is 214 Å². The van der Waals surface area contributed by atoms with Gasteiger partial charge in [0.15, 0.2) is 23.0 Å². The van der Waals surface area contributed by atoms with Crippen molar-refractivity contribution in [2.45, 2.75) is 40.2 Å². The molecule has 0 aliphatic carbocycles. The second-order valence-electron chi connectivity index (χ2n) is 9.36. The molecule has 4 heterocycles. The van der Waals surface area contributed by atoms with Crippen LogP contribution in [0.1, 0.15) is 34.8 Å². The van der Waals surface area contributed by atoms with Crippen LogP contribution in [0.25, 0.3) is 16.3 Å². The minimum absolute atomic E-state index is 0.118. The zero-order valence-electron chi connectivity index (χ0n) is 21.1. The molecule has 11 heteroatoms. The molecule has 10 nitrogen and oxygen atoms in total. The van der Waals surface area contributed by atoms with E-state index < -0.39 is 5.82 Å². The molecule has 0 N–H and O–H groups in total. The summed E-state index contributed by atoms with van der Waals surface area (Å²) in [6.07, 6.45) is 1.01. The van der Waals surface area contributed by atoms with Gasteiger partial charge >= 0.3 is 0 Å². The Morgan fingerprint density at radius 3 is 2.59 bits per heavy atom. The van der Waals surface area contributed by atoms with Gasteiger partial charge in [-0.25, -0.2) is 13.9 Å². The van der Waals surface area contributed by atoms with Crippen molar-refractivity contribution in [3.63, 3.8) is 0 Å². The zero-order chi connectivity index (χ0) is 26.1. The molecule has 0 atom stereocenters. The smallest absolute Gasteiger partial charge is 0.222 e. The van der Waals surface area contributed by atoms with Gasteiger partial charge in [0.1, 0.15) is 5.82 Å². The van der Waals surface area contributed by atoms with E-state index in [1.54, 1.807) is 15.3 Å². The molecule has 0 radical (unpaired) electrons. The van der Waals surface area contributed by atoms with Crippen molar-refractivity contribution in [2.24, 2.45) is 0 Å². The molecule has 1 aliphatic heterocycles. The number of amides is 1. The Bertz CT molecular complexity index is 1510. The first kappa shape index (κ1) is 24.5. The lowest BCUT2D eigenvalue weighted by molar-refractivity contribution is -0.133. The van der Waals surface area contributed by atoms with Gasteiger partial charge in [-0.05, 0) is 62.6 Å². The first-order valence-corrected chi connectivity index (χ1v) is 12.2. The molecular formula is C26H28FN9O. The number of piperazine rings is 1. The monoisotopic (exact) mass is 501 g/mol. The van der Waals surface area contributed by atoms with Crippen LogP contribution in [0.5, 0.6) is 0 Å². The van der Waals surface area contributed by atoms with Crippen molar-refractivity contribution in [1.82, 2.24) is 39.4 Å². The van der Waals surface area contributed by atoms with E-state index in [1.807, 2.05) is 37.8 Å². The predicted octanol–water partition coefficient (Wildman–Crippen LogP) is 3.20. The lowest BCUT2D eigenvalue weighted by Crippen LogP contribution is -2.48. The summed E-state index contributed by atoms with van der Waals surface area (Å²) in [6, 6.07) is 8.16. The van der Waals surface area contributed by atoms with Crippen molar-refractivity contribution in [2.75, 3.05) is 26.2 Å². The maximum atomic E-state index is 13.8. The van der Waals surface area contributed by atoms with Crippen molar-refractivity contribution in [1.29, 1.82) is 0 Å². The summed E-state index contributed by atoms with van der Waals surface area (Å²) in [5, 5.41) is 17.4. The molecule has 1 amide bonds. The topological polar surface area (TPSA) is 88.8 Å². The van der Waals surface area contributed by atoms with E-state index in [2.05, 4.69) is 30.1 Å². The second-order valence-corrected chi connectivity index (χ2v) is 9.36. The van der Waals surface area contributed by atoms with E-state index >= 15 is 0 Å². The highest BCUT2D eigenvalue weighted by atomic mass is 19.1. The summed E-state index contributed by atoms with van der Waals surface area (Å²) in [7, 11) is 0.